The second kappa shape index (κ2) is 6.62. The van der Waals surface area contributed by atoms with Gasteiger partial charge in [0.2, 0.25) is 0 Å². The Morgan fingerprint density at radius 1 is 1.12 bits per heavy atom. The molecule has 3 rings (SSSR count). The van der Waals surface area contributed by atoms with E-state index in [0.717, 1.165) is 12.0 Å². The van der Waals surface area contributed by atoms with Gasteiger partial charge in [-0.1, -0.05) is 49.7 Å². The molecule has 1 N–H and O–H groups in total. The van der Waals surface area contributed by atoms with Gasteiger partial charge in [0.15, 0.2) is 0 Å². The lowest BCUT2D eigenvalue weighted by atomic mass is 9.99. The summed E-state index contributed by atoms with van der Waals surface area (Å²) in [6, 6.07) is 14.9. The second-order valence-electron chi connectivity index (χ2n) is 6.32. The molecule has 0 radical (unpaired) electrons. The van der Waals surface area contributed by atoms with E-state index >= 15 is 0 Å². The van der Waals surface area contributed by atoms with Crippen LogP contribution in [0.25, 0.3) is 22.2 Å². The Morgan fingerprint density at radius 2 is 1.83 bits per heavy atom. The molecule has 0 amide bonds. The summed E-state index contributed by atoms with van der Waals surface area (Å²) in [4.78, 5) is 16.2. The van der Waals surface area contributed by atoms with Crippen molar-refractivity contribution < 1.29 is 9.90 Å². The molecule has 0 saturated carbocycles. The van der Waals surface area contributed by atoms with Gasteiger partial charge >= 0.3 is 5.97 Å². The van der Waals surface area contributed by atoms with E-state index in [-0.39, 0.29) is 5.56 Å². The Bertz CT molecular complexity index is 901. The Labute approximate surface area is 145 Å². The van der Waals surface area contributed by atoms with Gasteiger partial charge in [0, 0.05) is 16.0 Å². The molecule has 1 aromatic heterocycles. The van der Waals surface area contributed by atoms with E-state index in [1.165, 1.54) is 5.56 Å². The molecular formula is C20H18ClNO2. The van der Waals surface area contributed by atoms with Crippen molar-refractivity contribution in [3.8, 4) is 11.3 Å². The molecule has 0 atom stereocenters. The number of carbonyl (C=O) groups is 1. The average molecular weight is 340 g/mol. The van der Waals surface area contributed by atoms with Crippen LogP contribution in [0, 0.1) is 5.92 Å². The van der Waals surface area contributed by atoms with Crippen LogP contribution < -0.4 is 0 Å². The van der Waals surface area contributed by atoms with E-state index in [4.69, 9.17) is 11.6 Å². The van der Waals surface area contributed by atoms with Gasteiger partial charge in [0.25, 0.3) is 0 Å². The highest BCUT2D eigenvalue weighted by Crippen LogP contribution is 2.27. The third-order valence-electron chi connectivity index (χ3n) is 3.89. The Morgan fingerprint density at radius 3 is 2.46 bits per heavy atom. The molecule has 122 valence electrons. The van der Waals surface area contributed by atoms with Gasteiger partial charge in [-0.25, -0.2) is 9.78 Å². The van der Waals surface area contributed by atoms with Gasteiger partial charge in [-0.15, -0.1) is 0 Å². The van der Waals surface area contributed by atoms with Gasteiger partial charge in [-0.05, 0) is 42.2 Å². The lowest BCUT2D eigenvalue weighted by Gasteiger charge is -2.09. The summed E-state index contributed by atoms with van der Waals surface area (Å²) in [5.74, 6) is -0.389. The number of aromatic carboxylic acids is 1. The predicted octanol–water partition coefficient (Wildman–Crippen LogP) is 5.45. The van der Waals surface area contributed by atoms with Gasteiger partial charge in [0.1, 0.15) is 0 Å². The van der Waals surface area contributed by atoms with Crippen LogP contribution in [0.1, 0.15) is 29.8 Å². The highest BCUT2D eigenvalue weighted by Gasteiger charge is 2.13. The molecule has 0 saturated heterocycles. The molecule has 0 aliphatic heterocycles. The first kappa shape index (κ1) is 16.5. The first-order valence-electron chi connectivity index (χ1n) is 7.87. The van der Waals surface area contributed by atoms with Gasteiger partial charge in [0.05, 0.1) is 16.8 Å². The van der Waals surface area contributed by atoms with Crippen molar-refractivity contribution in [1.82, 2.24) is 4.98 Å². The van der Waals surface area contributed by atoms with Crippen molar-refractivity contribution in [2.24, 2.45) is 5.92 Å². The maximum atomic E-state index is 11.6. The zero-order valence-electron chi connectivity index (χ0n) is 13.6. The zero-order valence-corrected chi connectivity index (χ0v) is 14.3. The molecular weight excluding hydrogens is 322 g/mol. The topological polar surface area (TPSA) is 50.2 Å². The quantitative estimate of drug-likeness (QED) is 0.687. The molecule has 3 aromatic rings. The largest absolute Gasteiger partial charge is 0.478 e. The van der Waals surface area contributed by atoms with Crippen LogP contribution in [0.15, 0.2) is 48.5 Å². The number of halogens is 1. The average Bonchev–Trinajstić information content (AvgIpc) is 2.54. The monoisotopic (exact) mass is 339 g/mol. The highest BCUT2D eigenvalue weighted by molar-refractivity contribution is 6.31. The number of aromatic nitrogens is 1. The minimum Gasteiger partial charge on any atom is -0.478 e. The third-order valence-corrected chi connectivity index (χ3v) is 4.13. The Kier molecular flexibility index (Phi) is 4.54. The number of fused-ring (bicyclic) bond motifs is 1. The molecule has 0 fully saturated rings. The van der Waals surface area contributed by atoms with Crippen molar-refractivity contribution in [1.29, 1.82) is 0 Å². The van der Waals surface area contributed by atoms with E-state index in [0.29, 0.717) is 27.5 Å². The van der Waals surface area contributed by atoms with Crippen molar-refractivity contribution in [2.45, 2.75) is 20.3 Å². The molecule has 3 nitrogen and oxygen atoms in total. The third kappa shape index (κ3) is 3.41. The first-order chi connectivity index (χ1) is 11.4. The minimum atomic E-state index is -0.984. The minimum absolute atomic E-state index is 0.212. The van der Waals surface area contributed by atoms with Crippen LogP contribution >= 0.6 is 11.6 Å². The molecule has 0 spiro atoms. The number of nitrogens with zero attached hydrogens (tertiary/aromatic N) is 1. The van der Waals surface area contributed by atoms with Crippen LogP contribution in [0.5, 0.6) is 0 Å². The number of hydrogen-bond acceptors (Lipinski definition) is 2. The molecule has 0 aliphatic carbocycles. The molecule has 4 heteroatoms. The summed E-state index contributed by atoms with van der Waals surface area (Å²) in [5, 5.41) is 10.6. The molecule has 1 heterocycles. The zero-order chi connectivity index (χ0) is 17.3. The van der Waals surface area contributed by atoms with E-state index in [1.807, 2.05) is 12.1 Å². The fraction of sp³-hybridized carbons (Fsp3) is 0.200. The summed E-state index contributed by atoms with van der Waals surface area (Å²) in [6.45, 7) is 4.37. The number of pyridine rings is 1. The first-order valence-corrected chi connectivity index (χ1v) is 8.25. The van der Waals surface area contributed by atoms with Crippen molar-refractivity contribution in [3.63, 3.8) is 0 Å². The van der Waals surface area contributed by atoms with Crippen LogP contribution in [0.4, 0.5) is 0 Å². The predicted molar refractivity (Wildman–Crippen MR) is 97.7 cm³/mol. The summed E-state index contributed by atoms with van der Waals surface area (Å²) in [6.07, 6.45) is 1.02. The molecule has 24 heavy (non-hydrogen) atoms. The maximum absolute atomic E-state index is 11.6. The summed E-state index contributed by atoms with van der Waals surface area (Å²) in [5.41, 5.74) is 3.66. The second-order valence-corrected chi connectivity index (χ2v) is 6.75. The maximum Gasteiger partial charge on any atom is 0.336 e. The normalized spacial score (nSPS) is 11.2. The number of carboxylic acid groups (broad SMARTS) is 1. The Balaban J connectivity index is 2.09. The van der Waals surface area contributed by atoms with Crippen molar-refractivity contribution in [3.05, 3.63) is 64.7 Å². The lowest BCUT2D eigenvalue weighted by Crippen LogP contribution is -2.00. The fourth-order valence-corrected chi connectivity index (χ4v) is 2.98. The SMILES string of the molecule is CC(C)Cc1ccc(-c2cc(C(=O)O)c3cc(Cl)ccc3n2)cc1. The van der Waals surface area contributed by atoms with Gasteiger partial charge in [-0.3, -0.25) is 0 Å². The number of carboxylic acids is 1. The fourth-order valence-electron chi connectivity index (χ4n) is 2.81. The summed E-state index contributed by atoms with van der Waals surface area (Å²) in [7, 11) is 0. The van der Waals surface area contributed by atoms with Crippen LogP contribution in [-0.2, 0) is 6.42 Å². The van der Waals surface area contributed by atoms with Gasteiger partial charge < -0.3 is 5.11 Å². The molecule has 0 unspecified atom stereocenters. The summed E-state index contributed by atoms with van der Waals surface area (Å²) < 4.78 is 0. The van der Waals surface area contributed by atoms with Crippen LogP contribution in [0.2, 0.25) is 5.02 Å². The molecule has 0 aliphatic rings. The highest BCUT2D eigenvalue weighted by atomic mass is 35.5. The van der Waals surface area contributed by atoms with E-state index < -0.39 is 5.97 Å². The molecule has 2 aromatic carbocycles. The Hall–Kier alpha value is -2.39. The van der Waals surface area contributed by atoms with E-state index in [1.54, 1.807) is 24.3 Å². The van der Waals surface area contributed by atoms with E-state index in [2.05, 4.69) is 31.0 Å². The van der Waals surface area contributed by atoms with Crippen molar-refractivity contribution >= 4 is 28.5 Å². The number of hydrogen-bond donors (Lipinski definition) is 1. The molecule has 0 bridgehead atoms. The number of rotatable bonds is 4. The number of benzene rings is 2. The van der Waals surface area contributed by atoms with Crippen LogP contribution in [0.3, 0.4) is 0 Å². The van der Waals surface area contributed by atoms with E-state index in [9.17, 15) is 9.90 Å². The van der Waals surface area contributed by atoms with Gasteiger partial charge in [-0.2, -0.15) is 0 Å². The lowest BCUT2D eigenvalue weighted by molar-refractivity contribution is 0.0699. The van der Waals surface area contributed by atoms with Crippen molar-refractivity contribution in [2.75, 3.05) is 0 Å². The smallest absolute Gasteiger partial charge is 0.336 e. The standard InChI is InChI=1S/C20H18ClNO2/c1-12(2)9-13-3-5-14(6-4-13)19-11-17(20(23)24)16-10-15(21)7-8-18(16)22-19/h3-8,10-12H,9H2,1-2H3,(H,23,24). The summed E-state index contributed by atoms with van der Waals surface area (Å²) >= 11 is 5.99. The van der Waals surface area contributed by atoms with Crippen LogP contribution in [-0.4, -0.2) is 16.1 Å².